The maximum absolute atomic E-state index is 12.5. The van der Waals surface area contributed by atoms with Crippen molar-refractivity contribution in [2.75, 3.05) is 6.61 Å². The fourth-order valence-electron chi connectivity index (χ4n) is 3.60. The van der Waals surface area contributed by atoms with Crippen LogP contribution in [0.4, 0.5) is 0 Å². The maximum Gasteiger partial charge on any atom is 0.345 e. The van der Waals surface area contributed by atoms with Gasteiger partial charge in [-0.15, -0.1) is 0 Å². The van der Waals surface area contributed by atoms with Crippen molar-refractivity contribution in [3.8, 4) is 0 Å². The van der Waals surface area contributed by atoms with E-state index in [2.05, 4.69) is 52.5 Å². The Hall–Kier alpha value is -1.48. The summed E-state index contributed by atoms with van der Waals surface area (Å²) >= 11 is 1.40. The molecule has 0 heterocycles. The Labute approximate surface area is 163 Å². The van der Waals surface area contributed by atoms with Crippen LogP contribution in [0.25, 0.3) is 5.57 Å². The Morgan fingerprint density at radius 3 is 2.23 bits per heavy atom. The largest absolute Gasteiger partial charge is 0.462 e. The van der Waals surface area contributed by atoms with Crippen molar-refractivity contribution in [2.45, 2.75) is 72.1 Å². The van der Waals surface area contributed by atoms with Crippen molar-refractivity contribution < 1.29 is 9.53 Å². The van der Waals surface area contributed by atoms with Crippen LogP contribution < -0.4 is 0 Å². The third kappa shape index (κ3) is 4.25. The number of allylic oxidation sites excluding steroid dienone is 2. The summed E-state index contributed by atoms with van der Waals surface area (Å²) in [5.74, 6) is -0.268. The van der Waals surface area contributed by atoms with Crippen molar-refractivity contribution in [3.63, 3.8) is 0 Å². The first-order valence-corrected chi connectivity index (χ1v) is 10.2. The van der Waals surface area contributed by atoms with E-state index in [9.17, 15) is 4.79 Å². The monoisotopic (exact) mass is 372 g/mol. The molecule has 142 valence electrons. The van der Waals surface area contributed by atoms with Crippen LogP contribution in [-0.4, -0.2) is 12.6 Å². The van der Waals surface area contributed by atoms with E-state index >= 15 is 0 Å². The van der Waals surface area contributed by atoms with Gasteiger partial charge in [-0.05, 0) is 71.6 Å². The van der Waals surface area contributed by atoms with Crippen LogP contribution in [0.1, 0.15) is 78.0 Å². The van der Waals surface area contributed by atoms with Gasteiger partial charge in [-0.1, -0.05) is 64.2 Å². The molecule has 0 atom stereocenters. The minimum Gasteiger partial charge on any atom is -0.462 e. The first-order valence-electron chi connectivity index (χ1n) is 9.36. The molecule has 0 saturated carbocycles. The number of benzene rings is 1. The Morgan fingerprint density at radius 2 is 1.69 bits per heavy atom. The molecular weight excluding hydrogens is 340 g/mol. The SMILES string of the molecule is C=C(C)S/C(C(=O)OCC)=C(\C)c1ccc2c(c1)C(C)(C)CCC2(C)C. The van der Waals surface area contributed by atoms with Crippen LogP contribution in [0.3, 0.4) is 0 Å². The zero-order valence-electron chi connectivity index (χ0n) is 17.3. The van der Waals surface area contributed by atoms with Gasteiger partial charge in [0.15, 0.2) is 0 Å². The number of ether oxygens (including phenoxy) is 1. The highest BCUT2D eigenvalue weighted by molar-refractivity contribution is 8.07. The summed E-state index contributed by atoms with van der Waals surface area (Å²) in [5, 5.41) is 0. The number of thioether (sulfide) groups is 1. The van der Waals surface area contributed by atoms with Gasteiger partial charge < -0.3 is 4.74 Å². The molecule has 1 aliphatic carbocycles. The van der Waals surface area contributed by atoms with Crippen molar-refractivity contribution in [1.82, 2.24) is 0 Å². The molecule has 0 spiro atoms. The fraction of sp³-hybridized carbons (Fsp3) is 0.522. The Morgan fingerprint density at radius 1 is 1.12 bits per heavy atom. The smallest absolute Gasteiger partial charge is 0.345 e. The van der Waals surface area contributed by atoms with Crippen molar-refractivity contribution in [1.29, 1.82) is 0 Å². The number of esters is 1. The average Bonchev–Trinajstić information content (AvgIpc) is 2.56. The van der Waals surface area contributed by atoms with E-state index in [4.69, 9.17) is 4.74 Å². The van der Waals surface area contributed by atoms with Crippen LogP contribution >= 0.6 is 11.8 Å². The minimum absolute atomic E-state index is 0.146. The van der Waals surface area contributed by atoms with E-state index < -0.39 is 0 Å². The van der Waals surface area contributed by atoms with Crippen LogP contribution in [0.2, 0.25) is 0 Å². The summed E-state index contributed by atoms with van der Waals surface area (Å²) in [6, 6.07) is 6.68. The highest BCUT2D eigenvalue weighted by atomic mass is 32.2. The second kappa shape index (κ2) is 7.64. The predicted octanol–water partition coefficient (Wildman–Crippen LogP) is 6.60. The van der Waals surface area contributed by atoms with Crippen LogP contribution in [0.5, 0.6) is 0 Å². The lowest BCUT2D eigenvalue weighted by molar-refractivity contribution is -0.137. The standard InChI is InChI=1S/C23H32O2S/c1-9-25-21(24)20(26-15(2)3)16(4)17-10-11-18-19(14-17)23(7,8)13-12-22(18,5)6/h10-11,14H,2,9,12-13H2,1,3-8H3/b20-16+. The van der Waals surface area contributed by atoms with Gasteiger partial charge in [0.25, 0.3) is 0 Å². The molecule has 26 heavy (non-hydrogen) atoms. The molecule has 0 aliphatic heterocycles. The van der Waals surface area contributed by atoms with Crippen molar-refractivity contribution >= 4 is 23.3 Å². The first-order chi connectivity index (χ1) is 12.0. The van der Waals surface area contributed by atoms with Crippen molar-refractivity contribution in [2.24, 2.45) is 0 Å². The molecule has 0 saturated heterocycles. The minimum atomic E-state index is -0.268. The summed E-state index contributed by atoms with van der Waals surface area (Å²) in [7, 11) is 0. The molecule has 0 unspecified atom stereocenters. The van der Waals surface area contributed by atoms with E-state index in [-0.39, 0.29) is 16.8 Å². The quantitative estimate of drug-likeness (QED) is 0.430. The lowest BCUT2D eigenvalue weighted by atomic mass is 9.63. The number of hydrogen-bond acceptors (Lipinski definition) is 3. The average molecular weight is 373 g/mol. The molecule has 0 N–H and O–H groups in total. The number of carbonyl (C=O) groups excluding carboxylic acids is 1. The van der Waals surface area contributed by atoms with E-state index in [1.54, 1.807) is 0 Å². The zero-order chi connectivity index (χ0) is 19.7. The molecule has 1 aromatic carbocycles. The van der Waals surface area contributed by atoms with Gasteiger partial charge in [-0.25, -0.2) is 4.79 Å². The van der Waals surface area contributed by atoms with Gasteiger partial charge in [0.1, 0.15) is 4.91 Å². The molecule has 2 rings (SSSR count). The lowest BCUT2D eigenvalue weighted by Gasteiger charge is -2.42. The summed E-state index contributed by atoms with van der Waals surface area (Å²) in [4.78, 5) is 14.0. The lowest BCUT2D eigenvalue weighted by Crippen LogP contribution is -2.33. The molecule has 0 aromatic heterocycles. The molecule has 0 fully saturated rings. The second-order valence-electron chi connectivity index (χ2n) is 8.51. The van der Waals surface area contributed by atoms with E-state index in [0.717, 1.165) is 16.0 Å². The van der Waals surface area contributed by atoms with Gasteiger partial charge >= 0.3 is 5.97 Å². The number of hydrogen-bond donors (Lipinski definition) is 0. The maximum atomic E-state index is 12.5. The topological polar surface area (TPSA) is 26.3 Å². The van der Waals surface area contributed by atoms with Gasteiger partial charge in [0.2, 0.25) is 0 Å². The van der Waals surface area contributed by atoms with Crippen LogP contribution in [-0.2, 0) is 20.4 Å². The number of carbonyl (C=O) groups is 1. The molecule has 1 aliphatic rings. The normalized spacial score (nSPS) is 18.6. The molecular formula is C23H32O2S. The number of rotatable bonds is 5. The third-order valence-electron chi connectivity index (χ3n) is 5.36. The van der Waals surface area contributed by atoms with Crippen LogP contribution in [0, 0.1) is 0 Å². The molecule has 2 nitrogen and oxygen atoms in total. The Bertz CT molecular complexity index is 753. The molecule has 3 heteroatoms. The number of fused-ring (bicyclic) bond motifs is 1. The Kier molecular flexibility index (Phi) is 6.12. The van der Waals surface area contributed by atoms with Gasteiger partial charge in [-0.2, -0.15) is 0 Å². The molecule has 1 aromatic rings. The van der Waals surface area contributed by atoms with Crippen LogP contribution in [0.15, 0.2) is 34.6 Å². The molecule has 0 bridgehead atoms. The fourth-order valence-corrected chi connectivity index (χ4v) is 4.36. The zero-order valence-corrected chi connectivity index (χ0v) is 18.1. The predicted molar refractivity (Wildman–Crippen MR) is 113 cm³/mol. The summed E-state index contributed by atoms with van der Waals surface area (Å²) < 4.78 is 5.28. The molecule has 0 radical (unpaired) electrons. The first kappa shape index (κ1) is 20.8. The molecule has 0 amide bonds. The van der Waals surface area contributed by atoms with E-state index in [0.29, 0.717) is 11.5 Å². The summed E-state index contributed by atoms with van der Waals surface area (Å²) in [5.41, 5.74) is 5.21. The Balaban J connectivity index is 2.59. The summed E-state index contributed by atoms with van der Waals surface area (Å²) in [6.45, 7) is 19.4. The second-order valence-corrected chi connectivity index (χ2v) is 9.82. The highest BCUT2D eigenvalue weighted by Crippen LogP contribution is 2.46. The third-order valence-corrected chi connectivity index (χ3v) is 6.39. The van der Waals surface area contributed by atoms with Crippen molar-refractivity contribution in [3.05, 3.63) is 51.3 Å². The van der Waals surface area contributed by atoms with Gasteiger partial charge in [0, 0.05) is 0 Å². The van der Waals surface area contributed by atoms with E-state index in [1.807, 2.05) is 20.8 Å². The highest BCUT2D eigenvalue weighted by Gasteiger charge is 2.37. The van der Waals surface area contributed by atoms with Gasteiger partial charge in [0.05, 0.1) is 6.61 Å². The summed E-state index contributed by atoms with van der Waals surface area (Å²) in [6.07, 6.45) is 2.37. The van der Waals surface area contributed by atoms with E-state index in [1.165, 1.54) is 35.7 Å². The van der Waals surface area contributed by atoms with Gasteiger partial charge in [-0.3, -0.25) is 0 Å².